The molecule has 1 atom stereocenters. The smallest absolute Gasteiger partial charge is 0.270 e. The number of furan rings is 1. The summed E-state index contributed by atoms with van der Waals surface area (Å²) in [6.45, 7) is 3.24. The number of piperidine rings is 3. The predicted octanol–water partition coefficient (Wildman–Crippen LogP) is 1.23. The van der Waals surface area contributed by atoms with Crippen molar-refractivity contribution >= 4 is 16.9 Å². The zero-order chi connectivity index (χ0) is 16.8. The van der Waals surface area contributed by atoms with Crippen molar-refractivity contribution < 1.29 is 9.21 Å². The molecular weight excluding hydrogens is 320 g/mol. The zero-order valence-electron chi connectivity index (χ0n) is 13.6. The zero-order valence-corrected chi connectivity index (χ0v) is 13.6. The molecule has 3 aliphatic heterocycles. The molecule has 3 aliphatic rings. The Balaban J connectivity index is 1.42. The minimum Gasteiger partial charge on any atom is -0.460 e. The molecule has 0 aliphatic carbocycles. The number of fused-ring (bicyclic) bond motifs is 4. The van der Waals surface area contributed by atoms with Crippen molar-refractivity contribution in [1.29, 1.82) is 0 Å². The molecular formula is C17H18N6O2. The van der Waals surface area contributed by atoms with Gasteiger partial charge in [-0.1, -0.05) is 5.21 Å². The first-order valence-corrected chi connectivity index (χ1v) is 8.55. The number of hydrogen-bond acceptors (Lipinski definition) is 6. The lowest BCUT2D eigenvalue weighted by Gasteiger charge is -2.44. The van der Waals surface area contributed by atoms with Gasteiger partial charge in [0.25, 0.3) is 5.91 Å². The number of amides is 1. The SMILES string of the molecule is O=C(N[C@H]1CN2CCC1CC2)c1cc2c(-n3ccnn3)coc2cn1. The highest BCUT2D eigenvalue weighted by Gasteiger charge is 2.35. The normalized spacial score (nSPS) is 25.4. The average Bonchev–Trinajstić information content (AvgIpc) is 3.31. The Kier molecular flexibility index (Phi) is 3.30. The lowest BCUT2D eigenvalue weighted by molar-refractivity contribution is 0.0618. The first-order valence-electron chi connectivity index (χ1n) is 8.55. The Bertz CT molecular complexity index is 911. The van der Waals surface area contributed by atoms with E-state index >= 15 is 0 Å². The molecule has 2 bridgehead atoms. The topological polar surface area (TPSA) is 89.1 Å². The lowest BCUT2D eigenvalue weighted by Crippen LogP contribution is -2.57. The Labute approximate surface area is 143 Å². The third kappa shape index (κ3) is 2.49. The predicted molar refractivity (Wildman–Crippen MR) is 89.3 cm³/mol. The van der Waals surface area contributed by atoms with E-state index in [0.717, 1.165) is 43.5 Å². The maximum absolute atomic E-state index is 12.7. The highest BCUT2D eigenvalue weighted by Crippen LogP contribution is 2.28. The van der Waals surface area contributed by atoms with Crippen LogP contribution in [-0.2, 0) is 0 Å². The largest absolute Gasteiger partial charge is 0.460 e. The molecule has 0 aromatic carbocycles. The van der Waals surface area contributed by atoms with E-state index in [9.17, 15) is 4.79 Å². The number of nitrogens with zero attached hydrogens (tertiary/aromatic N) is 5. The second-order valence-electron chi connectivity index (χ2n) is 6.75. The number of nitrogens with one attached hydrogen (secondary N) is 1. The van der Waals surface area contributed by atoms with Crippen LogP contribution in [0.2, 0.25) is 0 Å². The van der Waals surface area contributed by atoms with Crippen molar-refractivity contribution in [2.45, 2.75) is 18.9 Å². The summed E-state index contributed by atoms with van der Waals surface area (Å²) in [5, 5.41) is 11.8. The fourth-order valence-electron chi connectivity index (χ4n) is 3.93. The summed E-state index contributed by atoms with van der Waals surface area (Å²) in [6.07, 6.45) is 8.83. The van der Waals surface area contributed by atoms with Crippen molar-refractivity contribution in [1.82, 2.24) is 30.2 Å². The molecule has 3 fully saturated rings. The molecule has 8 heteroatoms. The highest BCUT2D eigenvalue weighted by atomic mass is 16.3. The van der Waals surface area contributed by atoms with E-state index in [1.54, 1.807) is 35.6 Å². The van der Waals surface area contributed by atoms with Crippen LogP contribution in [0.5, 0.6) is 0 Å². The van der Waals surface area contributed by atoms with Crippen molar-refractivity contribution in [2.24, 2.45) is 5.92 Å². The van der Waals surface area contributed by atoms with E-state index in [1.165, 1.54) is 0 Å². The van der Waals surface area contributed by atoms with E-state index in [-0.39, 0.29) is 11.9 Å². The van der Waals surface area contributed by atoms with Crippen LogP contribution in [0.25, 0.3) is 16.7 Å². The first-order chi connectivity index (χ1) is 12.3. The maximum Gasteiger partial charge on any atom is 0.270 e. The van der Waals surface area contributed by atoms with Gasteiger partial charge in [0.2, 0.25) is 0 Å². The van der Waals surface area contributed by atoms with Crippen LogP contribution in [0.3, 0.4) is 0 Å². The summed E-state index contributed by atoms with van der Waals surface area (Å²) < 4.78 is 7.12. The first kappa shape index (κ1) is 14.6. The van der Waals surface area contributed by atoms with Crippen molar-refractivity contribution in [3.8, 4) is 5.69 Å². The van der Waals surface area contributed by atoms with E-state index in [4.69, 9.17) is 4.42 Å². The van der Waals surface area contributed by atoms with Crippen molar-refractivity contribution in [2.75, 3.05) is 19.6 Å². The Morgan fingerprint density at radius 2 is 2.20 bits per heavy atom. The number of hydrogen-bond donors (Lipinski definition) is 1. The van der Waals surface area contributed by atoms with Crippen LogP contribution >= 0.6 is 0 Å². The van der Waals surface area contributed by atoms with Gasteiger partial charge in [-0.05, 0) is 37.9 Å². The average molecular weight is 338 g/mol. The van der Waals surface area contributed by atoms with Gasteiger partial charge in [-0.15, -0.1) is 5.10 Å². The van der Waals surface area contributed by atoms with Gasteiger partial charge < -0.3 is 14.6 Å². The van der Waals surface area contributed by atoms with E-state index in [0.29, 0.717) is 17.2 Å². The molecule has 8 nitrogen and oxygen atoms in total. The van der Waals surface area contributed by atoms with Gasteiger partial charge in [0.05, 0.1) is 24.0 Å². The summed E-state index contributed by atoms with van der Waals surface area (Å²) in [6, 6.07) is 1.97. The molecule has 3 aromatic heterocycles. The summed E-state index contributed by atoms with van der Waals surface area (Å²) in [7, 11) is 0. The molecule has 3 saturated heterocycles. The standard InChI is InChI=1S/C17H18N6O2/c24-17(20-14-9-22-4-1-11(14)2-5-22)13-7-12-15(23-6-3-19-21-23)10-25-16(12)8-18-13/h3,6-8,10-11,14H,1-2,4-5,9H2,(H,20,24)/t14-/m0/s1. The van der Waals surface area contributed by atoms with Crippen LogP contribution in [0.1, 0.15) is 23.3 Å². The van der Waals surface area contributed by atoms with E-state index < -0.39 is 0 Å². The fraction of sp³-hybridized carbons (Fsp3) is 0.412. The van der Waals surface area contributed by atoms with Gasteiger partial charge in [0.15, 0.2) is 5.58 Å². The summed E-state index contributed by atoms with van der Waals surface area (Å²) in [5.41, 5.74) is 1.75. The van der Waals surface area contributed by atoms with Crippen LogP contribution in [-0.4, -0.2) is 56.5 Å². The number of pyridine rings is 1. The minimum atomic E-state index is -0.133. The molecule has 0 spiro atoms. The molecule has 0 radical (unpaired) electrons. The molecule has 25 heavy (non-hydrogen) atoms. The van der Waals surface area contributed by atoms with Crippen molar-refractivity contribution in [3.05, 3.63) is 36.6 Å². The molecule has 6 rings (SSSR count). The monoisotopic (exact) mass is 338 g/mol. The molecule has 0 saturated carbocycles. The minimum absolute atomic E-state index is 0.133. The molecule has 6 heterocycles. The van der Waals surface area contributed by atoms with Crippen LogP contribution in [0, 0.1) is 5.92 Å². The number of carbonyl (C=O) groups is 1. The molecule has 0 unspecified atom stereocenters. The molecule has 128 valence electrons. The van der Waals surface area contributed by atoms with E-state index in [2.05, 4.69) is 25.5 Å². The van der Waals surface area contributed by atoms with Crippen LogP contribution in [0.4, 0.5) is 0 Å². The van der Waals surface area contributed by atoms with E-state index in [1.807, 2.05) is 0 Å². The fourth-order valence-corrected chi connectivity index (χ4v) is 3.93. The second-order valence-corrected chi connectivity index (χ2v) is 6.75. The van der Waals surface area contributed by atoms with Crippen LogP contribution in [0.15, 0.2) is 35.3 Å². The van der Waals surface area contributed by atoms with Gasteiger partial charge in [-0.2, -0.15) is 0 Å². The van der Waals surface area contributed by atoms with Gasteiger partial charge >= 0.3 is 0 Å². The third-order valence-electron chi connectivity index (χ3n) is 5.32. The van der Waals surface area contributed by atoms with Crippen LogP contribution < -0.4 is 5.32 Å². The van der Waals surface area contributed by atoms with Gasteiger partial charge in [-0.25, -0.2) is 9.67 Å². The Morgan fingerprint density at radius 1 is 1.32 bits per heavy atom. The molecule has 1 amide bonds. The quantitative estimate of drug-likeness (QED) is 0.773. The number of carbonyl (C=O) groups excluding carboxylic acids is 1. The van der Waals surface area contributed by atoms with Gasteiger partial charge in [0.1, 0.15) is 17.6 Å². The lowest BCUT2D eigenvalue weighted by atomic mass is 9.84. The maximum atomic E-state index is 12.7. The van der Waals surface area contributed by atoms with Crippen molar-refractivity contribution in [3.63, 3.8) is 0 Å². The highest BCUT2D eigenvalue weighted by molar-refractivity contribution is 5.97. The summed E-state index contributed by atoms with van der Waals surface area (Å²) in [5.74, 6) is 0.448. The molecule has 1 N–H and O–H groups in total. The van der Waals surface area contributed by atoms with Gasteiger partial charge in [0, 0.05) is 12.6 Å². The third-order valence-corrected chi connectivity index (χ3v) is 5.32. The summed E-state index contributed by atoms with van der Waals surface area (Å²) in [4.78, 5) is 19.4. The Morgan fingerprint density at radius 3 is 2.92 bits per heavy atom. The second kappa shape index (κ2) is 5.66. The summed E-state index contributed by atoms with van der Waals surface area (Å²) >= 11 is 0. The number of rotatable bonds is 3. The molecule has 3 aromatic rings. The van der Waals surface area contributed by atoms with Gasteiger partial charge in [-0.3, -0.25) is 4.79 Å². The number of aromatic nitrogens is 4. The Hall–Kier alpha value is -2.74.